The first-order valence-electron chi connectivity index (χ1n) is 7.54. The van der Waals surface area contributed by atoms with Gasteiger partial charge in [-0.2, -0.15) is 0 Å². The number of morpholine rings is 1. The molecule has 1 N–H and O–H groups in total. The lowest BCUT2D eigenvalue weighted by molar-refractivity contribution is -0.384. The van der Waals surface area contributed by atoms with Gasteiger partial charge >= 0.3 is 0 Å². The molecule has 124 valence electrons. The SMILES string of the molecule is O=[N+]([O-])c1ccc2[nH]c3c(Cl)nc(CN4CCOCC4)nc3c2c1. The molecule has 3 heterocycles. The number of nitrogens with zero attached hydrogens (tertiary/aromatic N) is 4. The molecule has 9 heteroatoms. The van der Waals surface area contributed by atoms with E-state index in [1.165, 1.54) is 12.1 Å². The van der Waals surface area contributed by atoms with Gasteiger partial charge in [-0.3, -0.25) is 15.0 Å². The maximum Gasteiger partial charge on any atom is 0.270 e. The number of hydrogen-bond donors (Lipinski definition) is 1. The fraction of sp³-hybridized carbons (Fsp3) is 0.333. The van der Waals surface area contributed by atoms with Crippen molar-refractivity contribution in [2.24, 2.45) is 0 Å². The van der Waals surface area contributed by atoms with E-state index in [0.717, 1.165) is 18.6 Å². The number of benzene rings is 1. The summed E-state index contributed by atoms with van der Waals surface area (Å²) in [7, 11) is 0. The second-order valence-corrected chi connectivity index (χ2v) is 6.01. The molecule has 0 spiro atoms. The normalized spacial score (nSPS) is 16.0. The van der Waals surface area contributed by atoms with Crippen LogP contribution in [0.3, 0.4) is 0 Å². The molecule has 0 amide bonds. The van der Waals surface area contributed by atoms with Crippen LogP contribution in [0.5, 0.6) is 0 Å². The van der Waals surface area contributed by atoms with E-state index >= 15 is 0 Å². The van der Waals surface area contributed by atoms with Gasteiger partial charge in [-0.05, 0) is 6.07 Å². The zero-order chi connectivity index (χ0) is 16.7. The average molecular weight is 348 g/mol. The van der Waals surface area contributed by atoms with Crippen LogP contribution in [0.25, 0.3) is 21.9 Å². The monoisotopic (exact) mass is 347 g/mol. The highest BCUT2D eigenvalue weighted by Gasteiger charge is 2.17. The van der Waals surface area contributed by atoms with E-state index in [4.69, 9.17) is 16.3 Å². The lowest BCUT2D eigenvalue weighted by Gasteiger charge is -2.25. The summed E-state index contributed by atoms with van der Waals surface area (Å²) in [6.45, 7) is 3.59. The molecule has 0 saturated carbocycles. The van der Waals surface area contributed by atoms with E-state index in [0.29, 0.717) is 47.2 Å². The number of nitro benzene ring substituents is 1. The number of ether oxygens (including phenoxy) is 1. The quantitative estimate of drug-likeness (QED) is 0.444. The summed E-state index contributed by atoms with van der Waals surface area (Å²) in [5.74, 6) is 0.599. The highest BCUT2D eigenvalue weighted by Crippen LogP contribution is 2.30. The predicted octanol–water partition coefficient (Wildman–Crippen LogP) is 2.50. The summed E-state index contributed by atoms with van der Waals surface area (Å²) in [6, 6.07) is 4.62. The van der Waals surface area contributed by atoms with Crippen LogP contribution in [-0.4, -0.2) is 51.1 Å². The minimum absolute atomic E-state index is 0.0212. The molecule has 1 fully saturated rings. The summed E-state index contributed by atoms with van der Waals surface area (Å²) in [6.07, 6.45) is 0. The molecule has 1 saturated heterocycles. The van der Waals surface area contributed by atoms with Crippen molar-refractivity contribution in [2.45, 2.75) is 6.54 Å². The number of non-ortho nitro benzene ring substituents is 1. The summed E-state index contributed by atoms with van der Waals surface area (Å²) in [5.41, 5.74) is 1.97. The summed E-state index contributed by atoms with van der Waals surface area (Å²) < 4.78 is 5.33. The number of aromatic amines is 1. The van der Waals surface area contributed by atoms with E-state index < -0.39 is 4.92 Å². The van der Waals surface area contributed by atoms with E-state index in [2.05, 4.69) is 19.9 Å². The van der Waals surface area contributed by atoms with Crippen LogP contribution >= 0.6 is 11.6 Å². The van der Waals surface area contributed by atoms with Gasteiger partial charge in [0.05, 0.1) is 24.7 Å². The van der Waals surface area contributed by atoms with Crippen molar-refractivity contribution in [1.29, 1.82) is 0 Å². The van der Waals surface area contributed by atoms with E-state index in [9.17, 15) is 10.1 Å². The van der Waals surface area contributed by atoms with Gasteiger partial charge < -0.3 is 9.72 Å². The highest BCUT2D eigenvalue weighted by atomic mass is 35.5. The molecule has 8 nitrogen and oxygen atoms in total. The number of hydrogen-bond acceptors (Lipinski definition) is 6. The Kier molecular flexibility index (Phi) is 3.79. The van der Waals surface area contributed by atoms with Gasteiger partial charge in [0.1, 0.15) is 16.9 Å². The number of nitro groups is 1. The lowest BCUT2D eigenvalue weighted by Crippen LogP contribution is -2.36. The molecule has 4 rings (SSSR count). The standard InChI is InChI=1S/C15H14ClN5O3/c16-15-14-13(10-7-9(21(22)23)1-2-11(10)17-14)18-12(19-15)8-20-3-5-24-6-4-20/h1-2,7,17H,3-6,8H2. The number of rotatable bonds is 3. The van der Waals surface area contributed by atoms with Crippen molar-refractivity contribution in [1.82, 2.24) is 19.9 Å². The van der Waals surface area contributed by atoms with Gasteiger partial charge in [-0.25, -0.2) is 9.97 Å². The van der Waals surface area contributed by atoms with Crippen molar-refractivity contribution in [2.75, 3.05) is 26.3 Å². The minimum Gasteiger partial charge on any atom is -0.379 e. The van der Waals surface area contributed by atoms with Crippen molar-refractivity contribution >= 4 is 39.2 Å². The predicted molar refractivity (Wildman–Crippen MR) is 89.2 cm³/mol. The molecule has 0 aliphatic carbocycles. The number of fused-ring (bicyclic) bond motifs is 3. The fourth-order valence-electron chi connectivity index (χ4n) is 2.90. The van der Waals surface area contributed by atoms with Gasteiger partial charge in [0.15, 0.2) is 5.15 Å². The summed E-state index contributed by atoms with van der Waals surface area (Å²) in [5, 5.41) is 12.0. The topological polar surface area (TPSA) is 97.2 Å². The Morgan fingerprint density at radius 2 is 2.12 bits per heavy atom. The molecular weight excluding hydrogens is 334 g/mol. The highest BCUT2D eigenvalue weighted by molar-refractivity contribution is 6.34. The molecular formula is C15H14ClN5O3. The molecule has 1 aromatic carbocycles. The van der Waals surface area contributed by atoms with Crippen molar-refractivity contribution < 1.29 is 9.66 Å². The average Bonchev–Trinajstić information content (AvgIpc) is 2.94. The number of H-pyrrole nitrogens is 1. The summed E-state index contributed by atoms with van der Waals surface area (Å²) >= 11 is 6.29. The third-order valence-electron chi connectivity index (χ3n) is 4.11. The molecule has 0 radical (unpaired) electrons. The zero-order valence-corrected chi connectivity index (χ0v) is 13.4. The number of halogens is 1. The Labute approximate surface area is 141 Å². The molecule has 2 aromatic heterocycles. The van der Waals surface area contributed by atoms with E-state index in [-0.39, 0.29) is 5.69 Å². The number of nitrogens with one attached hydrogen (secondary N) is 1. The zero-order valence-electron chi connectivity index (χ0n) is 12.7. The molecule has 0 unspecified atom stereocenters. The number of aromatic nitrogens is 3. The molecule has 24 heavy (non-hydrogen) atoms. The molecule has 0 bridgehead atoms. The molecule has 1 aliphatic rings. The Bertz CT molecular complexity index is 936. The van der Waals surface area contributed by atoms with Crippen molar-refractivity contribution in [3.63, 3.8) is 0 Å². The minimum atomic E-state index is -0.421. The van der Waals surface area contributed by atoms with E-state index in [1.807, 2.05) is 0 Å². The molecule has 3 aromatic rings. The Morgan fingerprint density at radius 3 is 2.88 bits per heavy atom. The second-order valence-electron chi connectivity index (χ2n) is 5.65. The first-order valence-corrected chi connectivity index (χ1v) is 7.92. The van der Waals surface area contributed by atoms with Gasteiger partial charge in [-0.1, -0.05) is 11.6 Å². The Hall–Kier alpha value is -2.29. The maximum absolute atomic E-state index is 11.0. The lowest BCUT2D eigenvalue weighted by atomic mass is 10.2. The first-order chi connectivity index (χ1) is 11.6. The smallest absolute Gasteiger partial charge is 0.270 e. The van der Waals surface area contributed by atoms with Crippen LogP contribution in [0.1, 0.15) is 5.82 Å². The van der Waals surface area contributed by atoms with Crippen molar-refractivity contribution in [3.8, 4) is 0 Å². The second kappa shape index (κ2) is 5.97. The summed E-state index contributed by atoms with van der Waals surface area (Å²) in [4.78, 5) is 24.9. The van der Waals surface area contributed by atoms with Crippen LogP contribution in [0.4, 0.5) is 5.69 Å². The van der Waals surface area contributed by atoms with Crippen LogP contribution in [0.2, 0.25) is 5.15 Å². The van der Waals surface area contributed by atoms with Crippen LogP contribution in [0, 0.1) is 10.1 Å². The van der Waals surface area contributed by atoms with Crippen LogP contribution in [-0.2, 0) is 11.3 Å². The van der Waals surface area contributed by atoms with Gasteiger partial charge in [-0.15, -0.1) is 0 Å². The third-order valence-corrected chi connectivity index (χ3v) is 4.38. The van der Waals surface area contributed by atoms with Crippen LogP contribution < -0.4 is 0 Å². The largest absolute Gasteiger partial charge is 0.379 e. The fourth-order valence-corrected chi connectivity index (χ4v) is 3.13. The molecule has 1 aliphatic heterocycles. The van der Waals surface area contributed by atoms with Gasteiger partial charge in [0.2, 0.25) is 0 Å². The van der Waals surface area contributed by atoms with E-state index in [1.54, 1.807) is 6.07 Å². The maximum atomic E-state index is 11.0. The van der Waals surface area contributed by atoms with Gasteiger partial charge in [0.25, 0.3) is 5.69 Å². The van der Waals surface area contributed by atoms with Gasteiger partial charge in [0, 0.05) is 36.1 Å². The van der Waals surface area contributed by atoms with Crippen molar-refractivity contribution in [3.05, 3.63) is 39.3 Å². The third kappa shape index (κ3) is 2.68. The first kappa shape index (κ1) is 15.3. The Balaban J connectivity index is 1.80. The molecule has 0 atom stereocenters. The Morgan fingerprint density at radius 1 is 1.33 bits per heavy atom. The van der Waals surface area contributed by atoms with Crippen LogP contribution in [0.15, 0.2) is 18.2 Å².